The lowest BCUT2D eigenvalue weighted by Gasteiger charge is -2.19. The van der Waals surface area contributed by atoms with Crippen LogP contribution in [-0.2, 0) is 6.54 Å². The number of amides is 1. The Morgan fingerprint density at radius 2 is 2.16 bits per heavy atom. The Labute approximate surface area is 182 Å². The second-order valence-electron chi connectivity index (χ2n) is 8.58. The van der Waals surface area contributed by atoms with Crippen LogP contribution in [0.3, 0.4) is 0 Å². The number of carbonyl (C=O) groups is 1. The normalized spacial score (nSPS) is 16.7. The minimum absolute atomic E-state index is 0.204. The van der Waals surface area contributed by atoms with Gasteiger partial charge in [-0.15, -0.1) is 0 Å². The van der Waals surface area contributed by atoms with Crippen molar-refractivity contribution in [3.05, 3.63) is 53.3 Å². The molecule has 0 radical (unpaired) electrons. The Balaban J connectivity index is 1.49. The van der Waals surface area contributed by atoms with Crippen LogP contribution in [-0.4, -0.2) is 45.6 Å². The van der Waals surface area contributed by atoms with Gasteiger partial charge in [0.15, 0.2) is 0 Å². The lowest BCUT2D eigenvalue weighted by Crippen LogP contribution is -2.26. The summed E-state index contributed by atoms with van der Waals surface area (Å²) in [5, 5.41) is 13.9. The monoisotopic (exact) mass is 418 g/mol. The topological polar surface area (TPSA) is 96.9 Å². The molecule has 162 valence electrons. The lowest BCUT2D eigenvalue weighted by atomic mass is 10.1. The number of rotatable bonds is 7. The van der Waals surface area contributed by atoms with Gasteiger partial charge in [-0.1, -0.05) is 0 Å². The van der Waals surface area contributed by atoms with Crippen molar-refractivity contribution in [2.75, 3.05) is 17.2 Å². The van der Waals surface area contributed by atoms with E-state index in [9.17, 15) is 4.79 Å². The van der Waals surface area contributed by atoms with Crippen LogP contribution in [0.1, 0.15) is 55.4 Å². The van der Waals surface area contributed by atoms with E-state index in [4.69, 9.17) is 10.4 Å². The highest BCUT2D eigenvalue weighted by Gasteiger charge is 2.21. The van der Waals surface area contributed by atoms with Gasteiger partial charge in [-0.2, -0.15) is 0 Å². The second-order valence-corrected chi connectivity index (χ2v) is 8.58. The zero-order valence-corrected chi connectivity index (χ0v) is 18.3. The number of aromatic nitrogens is 2. The maximum Gasteiger partial charge on any atom is 0.255 e. The summed E-state index contributed by atoms with van der Waals surface area (Å²) in [4.78, 5) is 23.3. The minimum Gasteiger partial charge on any atom is -0.382 e. The summed E-state index contributed by atoms with van der Waals surface area (Å²) in [6.45, 7) is 8.27. The van der Waals surface area contributed by atoms with E-state index in [0.717, 1.165) is 35.6 Å². The van der Waals surface area contributed by atoms with Crippen molar-refractivity contribution in [1.29, 1.82) is 5.41 Å². The molecule has 1 aliphatic rings. The molecule has 1 saturated heterocycles. The van der Waals surface area contributed by atoms with E-state index < -0.39 is 0 Å². The highest BCUT2D eigenvalue weighted by atomic mass is 16.1. The number of nitrogens with one attached hydrogen (secondary N) is 4. The molecule has 7 nitrogen and oxygen atoms in total. The van der Waals surface area contributed by atoms with Crippen LogP contribution in [0, 0.1) is 5.41 Å². The molecule has 4 rings (SSSR count). The Kier molecular flexibility index (Phi) is 6.04. The highest BCUT2D eigenvalue weighted by molar-refractivity contribution is 6.06. The third-order valence-electron chi connectivity index (χ3n) is 5.75. The maximum atomic E-state index is 12.8. The fraction of sp³-hybridized carbons (Fsp3) is 0.375. The number of nitrogens with zero attached hydrogens (tertiary/aromatic N) is 2. The van der Waals surface area contributed by atoms with E-state index in [1.54, 1.807) is 12.1 Å². The Bertz CT molecular complexity index is 1100. The molecule has 4 N–H and O–H groups in total. The van der Waals surface area contributed by atoms with Crippen LogP contribution in [0.4, 0.5) is 11.4 Å². The third-order valence-corrected chi connectivity index (χ3v) is 5.75. The van der Waals surface area contributed by atoms with Crippen LogP contribution in [0.15, 0.2) is 36.4 Å². The summed E-state index contributed by atoms with van der Waals surface area (Å²) in [6, 6.07) is 11.9. The molecule has 7 heteroatoms. The molecule has 0 aliphatic carbocycles. The molecular formula is C24H30N6O. The minimum atomic E-state index is -0.204. The van der Waals surface area contributed by atoms with E-state index in [0.29, 0.717) is 22.9 Å². The number of anilines is 2. The number of hydrogen-bond donors (Lipinski definition) is 4. The van der Waals surface area contributed by atoms with Crippen molar-refractivity contribution in [2.24, 2.45) is 0 Å². The van der Waals surface area contributed by atoms with Gasteiger partial charge in [0.1, 0.15) is 5.82 Å². The van der Waals surface area contributed by atoms with Crippen LogP contribution in [0.25, 0.3) is 11.0 Å². The molecule has 0 bridgehead atoms. The zero-order chi connectivity index (χ0) is 22.0. The average Bonchev–Trinajstić information content (AvgIpc) is 3.33. The van der Waals surface area contributed by atoms with Gasteiger partial charge in [-0.25, -0.2) is 4.98 Å². The van der Waals surface area contributed by atoms with E-state index in [1.165, 1.54) is 19.1 Å². The van der Waals surface area contributed by atoms with Gasteiger partial charge >= 0.3 is 0 Å². The van der Waals surface area contributed by atoms with Gasteiger partial charge in [0.2, 0.25) is 0 Å². The molecular weight excluding hydrogens is 388 g/mol. The number of aromatic amines is 1. The van der Waals surface area contributed by atoms with Crippen molar-refractivity contribution in [3.8, 4) is 0 Å². The Hall–Kier alpha value is -3.19. The van der Waals surface area contributed by atoms with Crippen LogP contribution < -0.4 is 10.6 Å². The first-order valence-corrected chi connectivity index (χ1v) is 10.9. The maximum absolute atomic E-state index is 12.8. The van der Waals surface area contributed by atoms with Crippen LogP contribution in [0.5, 0.6) is 0 Å². The molecule has 1 amide bonds. The zero-order valence-electron chi connectivity index (χ0n) is 18.3. The quantitative estimate of drug-likeness (QED) is 0.421. The fourth-order valence-corrected chi connectivity index (χ4v) is 4.10. The Morgan fingerprint density at radius 1 is 1.32 bits per heavy atom. The van der Waals surface area contributed by atoms with E-state index in [2.05, 4.69) is 27.4 Å². The molecule has 3 aromatic rings. The molecule has 0 saturated carbocycles. The molecule has 0 spiro atoms. The highest BCUT2D eigenvalue weighted by Crippen LogP contribution is 2.23. The first-order valence-electron chi connectivity index (χ1n) is 10.9. The van der Waals surface area contributed by atoms with Crippen molar-refractivity contribution >= 4 is 34.5 Å². The molecule has 1 aromatic heterocycles. The third kappa shape index (κ3) is 4.77. The van der Waals surface area contributed by atoms with E-state index in [-0.39, 0.29) is 11.9 Å². The van der Waals surface area contributed by atoms with Crippen LogP contribution >= 0.6 is 0 Å². The first-order chi connectivity index (χ1) is 14.9. The molecule has 1 unspecified atom stereocenters. The molecule has 1 fully saturated rings. The number of carbonyl (C=O) groups excluding carboxylic acids is 1. The van der Waals surface area contributed by atoms with Gasteiger partial charge in [0.05, 0.1) is 17.6 Å². The number of fused-ring (bicyclic) bond motifs is 1. The van der Waals surface area contributed by atoms with Gasteiger partial charge < -0.3 is 21.0 Å². The largest absolute Gasteiger partial charge is 0.382 e. The van der Waals surface area contributed by atoms with Crippen molar-refractivity contribution < 1.29 is 4.79 Å². The van der Waals surface area contributed by atoms with E-state index >= 15 is 0 Å². The second kappa shape index (κ2) is 8.89. The SMILES string of the molecule is CC(C)Nc1ccc(C(=O)Nc2ccc3nc(CN4CCCC4C)[nH]c3c2)cc1C=N. The molecule has 2 heterocycles. The van der Waals surface area contributed by atoms with Crippen molar-refractivity contribution in [2.45, 2.75) is 52.2 Å². The fourth-order valence-electron chi connectivity index (χ4n) is 4.10. The average molecular weight is 419 g/mol. The summed E-state index contributed by atoms with van der Waals surface area (Å²) in [5.74, 6) is 0.750. The number of H-pyrrole nitrogens is 1. The van der Waals surface area contributed by atoms with Crippen LogP contribution in [0.2, 0.25) is 0 Å². The first kappa shape index (κ1) is 21.1. The van der Waals surface area contributed by atoms with Gasteiger partial charge in [0.25, 0.3) is 5.91 Å². The van der Waals surface area contributed by atoms with Gasteiger partial charge in [-0.3, -0.25) is 9.69 Å². The lowest BCUT2D eigenvalue weighted by molar-refractivity contribution is 0.102. The van der Waals surface area contributed by atoms with Crippen molar-refractivity contribution in [1.82, 2.24) is 14.9 Å². The smallest absolute Gasteiger partial charge is 0.255 e. The summed E-state index contributed by atoms with van der Waals surface area (Å²) in [5.41, 5.74) is 4.57. The number of imidazole rings is 1. The van der Waals surface area contributed by atoms with Gasteiger partial charge in [0, 0.05) is 40.8 Å². The number of hydrogen-bond acceptors (Lipinski definition) is 5. The summed E-state index contributed by atoms with van der Waals surface area (Å²) >= 11 is 0. The van der Waals surface area contributed by atoms with E-state index in [1.807, 2.05) is 38.1 Å². The Morgan fingerprint density at radius 3 is 2.87 bits per heavy atom. The molecule has 1 atom stereocenters. The summed E-state index contributed by atoms with van der Waals surface area (Å²) < 4.78 is 0. The standard InChI is InChI=1S/C24H30N6O/c1-15(2)26-20-8-6-17(11-18(20)13-25)24(31)27-19-7-9-21-22(12-19)29-23(28-21)14-30-10-4-5-16(30)3/h6-9,11-13,15-16,25-26H,4-5,10,14H2,1-3H3,(H,27,31)(H,28,29). The van der Waals surface area contributed by atoms with Gasteiger partial charge in [-0.05, 0) is 76.6 Å². The molecule has 2 aromatic carbocycles. The number of likely N-dealkylation sites (tertiary alicyclic amines) is 1. The predicted molar refractivity (Wildman–Crippen MR) is 126 cm³/mol. The molecule has 31 heavy (non-hydrogen) atoms. The predicted octanol–water partition coefficient (Wildman–Crippen LogP) is 4.62. The summed E-state index contributed by atoms with van der Waals surface area (Å²) in [6.07, 6.45) is 3.75. The molecule has 1 aliphatic heterocycles. The number of benzene rings is 2. The van der Waals surface area contributed by atoms with Crippen molar-refractivity contribution in [3.63, 3.8) is 0 Å². The summed E-state index contributed by atoms with van der Waals surface area (Å²) in [7, 11) is 0.